The van der Waals surface area contributed by atoms with Crippen LogP contribution < -0.4 is 16.0 Å². The molecule has 31 heavy (non-hydrogen) atoms. The SMILES string of the molecule is CN=C(NCCCNc1ccc(C(F)(F)F)cn1)NC1CCc2nc(COC)nn2C1. The van der Waals surface area contributed by atoms with E-state index in [1.54, 1.807) is 14.2 Å². The number of nitrogens with zero attached hydrogens (tertiary/aromatic N) is 5. The Morgan fingerprint density at radius 3 is 2.84 bits per heavy atom. The van der Waals surface area contributed by atoms with Crippen LogP contribution in [0, 0.1) is 0 Å². The van der Waals surface area contributed by atoms with Gasteiger partial charge in [-0.15, -0.1) is 0 Å². The zero-order valence-electron chi connectivity index (χ0n) is 17.5. The Kier molecular flexibility index (Phi) is 7.66. The molecule has 0 spiro atoms. The number of halogens is 3. The number of aromatic nitrogens is 4. The fourth-order valence-electron chi connectivity index (χ4n) is 3.23. The lowest BCUT2D eigenvalue weighted by Crippen LogP contribution is -2.47. The molecule has 0 fully saturated rings. The molecule has 12 heteroatoms. The molecular formula is C19H27F3N8O. The minimum Gasteiger partial charge on any atom is -0.377 e. The van der Waals surface area contributed by atoms with Crippen molar-refractivity contribution in [2.24, 2.45) is 4.99 Å². The van der Waals surface area contributed by atoms with Crippen LogP contribution in [0.25, 0.3) is 0 Å². The van der Waals surface area contributed by atoms with Crippen LogP contribution in [0.1, 0.15) is 30.1 Å². The van der Waals surface area contributed by atoms with Crippen molar-refractivity contribution < 1.29 is 17.9 Å². The Morgan fingerprint density at radius 1 is 1.32 bits per heavy atom. The molecule has 0 bridgehead atoms. The molecule has 3 N–H and O–H groups in total. The molecule has 1 atom stereocenters. The van der Waals surface area contributed by atoms with E-state index in [1.165, 1.54) is 6.07 Å². The van der Waals surface area contributed by atoms with E-state index in [9.17, 15) is 13.2 Å². The number of pyridine rings is 1. The van der Waals surface area contributed by atoms with E-state index in [-0.39, 0.29) is 6.04 Å². The molecule has 0 saturated carbocycles. The number of hydrogen-bond acceptors (Lipinski definition) is 6. The first-order valence-corrected chi connectivity index (χ1v) is 10.0. The van der Waals surface area contributed by atoms with Gasteiger partial charge in [0.2, 0.25) is 0 Å². The zero-order valence-corrected chi connectivity index (χ0v) is 17.5. The number of guanidine groups is 1. The second-order valence-corrected chi connectivity index (χ2v) is 7.15. The molecule has 0 aliphatic carbocycles. The molecular weight excluding hydrogens is 413 g/mol. The van der Waals surface area contributed by atoms with Gasteiger partial charge in [0.15, 0.2) is 11.8 Å². The minimum absolute atomic E-state index is 0.185. The maximum atomic E-state index is 12.6. The van der Waals surface area contributed by atoms with E-state index < -0.39 is 11.7 Å². The minimum atomic E-state index is -4.38. The number of anilines is 1. The van der Waals surface area contributed by atoms with Crippen LogP contribution in [-0.2, 0) is 30.5 Å². The number of nitrogens with one attached hydrogen (secondary N) is 3. The predicted molar refractivity (Wildman–Crippen MR) is 110 cm³/mol. The molecule has 0 radical (unpaired) electrons. The average molecular weight is 440 g/mol. The van der Waals surface area contributed by atoms with E-state index in [0.29, 0.717) is 43.8 Å². The van der Waals surface area contributed by atoms with Crippen molar-refractivity contribution in [3.8, 4) is 0 Å². The van der Waals surface area contributed by atoms with Gasteiger partial charge in [-0.25, -0.2) is 14.6 Å². The van der Waals surface area contributed by atoms with E-state index in [4.69, 9.17) is 4.74 Å². The van der Waals surface area contributed by atoms with E-state index >= 15 is 0 Å². The summed E-state index contributed by atoms with van der Waals surface area (Å²) in [6.07, 6.45) is -1.06. The number of aliphatic imine (C=N–C) groups is 1. The van der Waals surface area contributed by atoms with Gasteiger partial charge in [0.1, 0.15) is 18.2 Å². The summed E-state index contributed by atoms with van der Waals surface area (Å²) in [6, 6.07) is 2.53. The number of methoxy groups -OCH3 is 1. The van der Waals surface area contributed by atoms with Crippen LogP contribution in [0.15, 0.2) is 23.3 Å². The van der Waals surface area contributed by atoms with Crippen LogP contribution in [0.5, 0.6) is 0 Å². The van der Waals surface area contributed by atoms with E-state index in [2.05, 4.69) is 36.0 Å². The summed E-state index contributed by atoms with van der Waals surface area (Å²) in [7, 11) is 3.33. The predicted octanol–water partition coefficient (Wildman–Crippen LogP) is 1.82. The molecule has 170 valence electrons. The lowest BCUT2D eigenvalue weighted by molar-refractivity contribution is -0.137. The van der Waals surface area contributed by atoms with Crippen molar-refractivity contribution >= 4 is 11.8 Å². The number of hydrogen-bond donors (Lipinski definition) is 3. The third-order valence-corrected chi connectivity index (χ3v) is 4.78. The largest absolute Gasteiger partial charge is 0.417 e. The number of rotatable bonds is 8. The highest BCUT2D eigenvalue weighted by atomic mass is 19.4. The average Bonchev–Trinajstić information content (AvgIpc) is 3.14. The fourth-order valence-corrected chi connectivity index (χ4v) is 3.23. The van der Waals surface area contributed by atoms with Gasteiger partial charge in [-0.3, -0.25) is 4.99 Å². The summed E-state index contributed by atoms with van der Waals surface area (Å²) < 4.78 is 44.7. The molecule has 1 aliphatic rings. The Balaban J connectivity index is 1.37. The molecule has 3 heterocycles. The van der Waals surface area contributed by atoms with Gasteiger partial charge in [-0.1, -0.05) is 0 Å². The Labute approximate surface area is 178 Å². The molecule has 2 aromatic heterocycles. The quantitative estimate of drug-likeness (QED) is 0.327. The van der Waals surface area contributed by atoms with Gasteiger partial charge in [0.25, 0.3) is 0 Å². The number of fused-ring (bicyclic) bond motifs is 1. The van der Waals surface area contributed by atoms with Crippen LogP contribution in [0.3, 0.4) is 0 Å². The normalized spacial score (nSPS) is 16.7. The first-order valence-electron chi connectivity index (χ1n) is 10.0. The molecule has 9 nitrogen and oxygen atoms in total. The molecule has 1 unspecified atom stereocenters. The standard InChI is InChI=1S/C19H27F3N8O/c1-23-18(27-14-5-7-17-28-16(12-31-2)29-30(17)11-14)25-9-3-8-24-15-6-4-13(10-26-15)19(20,21)22/h4,6,10,14H,3,5,7-9,11-12H2,1-2H3,(H,24,26)(H2,23,25,27). The summed E-state index contributed by atoms with van der Waals surface area (Å²) in [5.74, 6) is 2.76. The number of aryl methyl sites for hydroxylation is 1. The lowest BCUT2D eigenvalue weighted by Gasteiger charge is -2.25. The Bertz CT molecular complexity index is 866. The summed E-state index contributed by atoms with van der Waals surface area (Å²) in [5.41, 5.74) is -0.759. The van der Waals surface area contributed by atoms with Crippen LogP contribution in [-0.4, -0.2) is 59.0 Å². The van der Waals surface area contributed by atoms with Crippen molar-refractivity contribution in [3.05, 3.63) is 35.5 Å². The highest BCUT2D eigenvalue weighted by Gasteiger charge is 2.30. The number of ether oxygens (including phenoxy) is 1. The van der Waals surface area contributed by atoms with Gasteiger partial charge in [-0.2, -0.15) is 18.3 Å². The van der Waals surface area contributed by atoms with Gasteiger partial charge < -0.3 is 20.7 Å². The van der Waals surface area contributed by atoms with Crippen molar-refractivity contribution in [2.75, 3.05) is 32.6 Å². The maximum absolute atomic E-state index is 12.6. The first-order chi connectivity index (χ1) is 14.9. The van der Waals surface area contributed by atoms with Gasteiger partial charge >= 0.3 is 6.18 Å². The lowest BCUT2D eigenvalue weighted by atomic mass is 10.1. The van der Waals surface area contributed by atoms with Crippen LogP contribution in [0.4, 0.5) is 19.0 Å². The van der Waals surface area contributed by atoms with Gasteiger partial charge in [0.05, 0.1) is 12.1 Å². The summed E-state index contributed by atoms with van der Waals surface area (Å²) >= 11 is 0. The first kappa shape index (κ1) is 22.8. The molecule has 0 amide bonds. The molecule has 2 aromatic rings. The zero-order chi connectivity index (χ0) is 22.3. The maximum Gasteiger partial charge on any atom is 0.417 e. The second kappa shape index (κ2) is 10.4. The van der Waals surface area contributed by atoms with Gasteiger partial charge in [0, 0.05) is 45.9 Å². The summed E-state index contributed by atoms with van der Waals surface area (Å²) in [6.45, 7) is 2.31. The molecule has 1 aliphatic heterocycles. The highest BCUT2D eigenvalue weighted by Crippen LogP contribution is 2.28. The van der Waals surface area contributed by atoms with Crippen LogP contribution >= 0.6 is 0 Å². The molecule has 0 saturated heterocycles. The second-order valence-electron chi connectivity index (χ2n) is 7.15. The number of alkyl halides is 3. The summed E-state index contributed by atoms with van der Waals surface area (Å²) in [5, 5.41) is 14.1. The fraction of sp³-hybridized carbons (Fsp3) is 0.579. The van der Waals surface area contributed by atoms with Crippen molar-refractivity contribution in [1.82, 2.24) is 30.4 Å². The highest BCUT2D eigenvalue weighted by molar-refractivity contribution is 5.79. The van der Waals surface area contributed by atoms with E-state index in [1.807, 2.05) is 4.68 Å². The molecule has 0 aromatic carbocycles. The van der Waals surface area contributed by atoms with Crippen molar-refractivity contribution in [2.45, 2.75) is 44.6 Å². The monoisotopic (exact) mass is 440 g/mol. The van der Waals surface area contributed by atoms with E-state index in [0.717, 1.165) is 37.4 Å². The molecule has 3 rings (SSSR count). The third-order valence-electron chi connectivity index (χ3n) is 4.78. The van der Waals surface area contributed by atoms with Crippen LogP contribution in [0.2, 0.25) is 0 Å². The smallest absolute Gasteiger partial charge is 0.377 e. The van der Waals surface area contributed by atoms with Crippen molar-refractivity contribution in [1.29, 1.82) is 0 Å². The summed E-state index contributed by atoms with van der Waals surface area (Å²) in [4.78, 5) is 12.5. The van der Waals surface area contributed by atoms with Crippen molar-refractivity contribution in [3.63, 3.8) is 0 Å². The Morgan fingerprint density at radius 2 is 2.16 bits per heavy atom. The Hall–Kier alpha value is -2.89. The van der Waals surface area contributed by atoms with Gasteiger partial charge in [-0.05, 0) is 25.0 Å². The third kappa shape index (κ3) is 6.54. The topological polar surface area (TPSA) is 101 Å².